The van der Waals surface area contributed by atoms with Gasteiger partial charge in [0.2, 0.25) is 0 Å². The van der Waals surface area contributed by atoms with Gasteiger partial charge in [-0.05, 0) is 33.4 Å². The van der Waals surface area contributed by atoms with Gasteiger partial charge in [0.15, 0.2) is 5.96 Å². The van der Waals surface area contributed by atoms with E-state index in [-0.39, 0.29) is 24.0 Å². The molecule has 1 unspecified atom stereocenters. The van der Waals surface area contributed by atoms with E-state index in [9.17, 15) is 0 Å². The highest BCUT2D eigenvalue weighted by molar-refractivity contribution is 14.0. The number of rotatable bonds is 9. The summed E-state index contributed by atoms with van der Waals surface area (Å²) in [6.07, 6.45) is 1.00. The average molecular weight is 455 g/mol. The first-order valence-electron chi connectivity index (χ1n) is 9.01. The van der Waals surface area contributed by atoms with Gasteiger partial charge < -0.3 is 20.3 Å². The smallest absolute Gasteiger partial charge is 0.191 e. The third-order valence-corrected chi connectivity index (χ3v) is 3.99. The standard InChI is InChI=1S/C17H37N5O.HI/c1-6-18-17(19-8-7-11-23-14-15(2)3)20-12-16-13-21(4)9-10-22(16)5;/h15-16H,6-14H2,1-5H3,(H2,18,19,20);1H. The number of nitrogens with one attached hydrogen (secondary N) is 2. The van der Waals surface area contributed by atoms with Gasteiger partial charge >= 0.3 is 0 Å². The van der Waals surface area contributed by atoms with Crippen LogP contribution in [0.4, 0.5) is 0 Å². The number of hydrogen-bond acceptors (Lipinski definition) is 4. The number of nitrogens with zero attached hydrogens (tertiary/aromatic N) is 3. The lowest BCUT2D eigenvalue weighted by Gasteiger charge is -2.36. The van der Waals surface area contributed by atoms with Crippen molar-refractivity contribution in [1.29, 1.82) is 0 Å². The van der Waals surface area contributed by atoms with E-state index in [0.717, 1.165) is 64.9 Å². The molecule has 1 rings (SSSR count). The molecule has 0 aromatic heterocycles. The Morgan fingerprint density at radius 3 is 2.67 bits per heavy atom. The minimum absolute atomic E-state index is 0. The van der Waals surface area contributed by atoms with Crippen LogP contribution >= 0.6 is 24.0 Å². The Kier molecular flexibility index (Phi) is 14.0. The van der Waals surface area contributed by atoms with Crippen molar-refractivity contribution in [3.8, 4) is 0 Å². The molecule has 2 N–H and O–H groups in total. The molecule has 0 aliphatic carbocycles. The summed E-state index contributed by atoms with van der Waals surface area (Å²) in [6, 6.07) is 0.499. The normalized spacial score (nSPS) is 20.1. The molecular weight excluding hydrogens is 417 g/mol. The molecule has 0 amide bonds. The van der Waals surface area contributed by atoms with E-state index >= 15 is 0 Å². The van der Waals surface area contributed by atoms with Gasteiger partial charge in [-0.25, -0.2) is 0 Å². The zero-order valence-electron chi connectivity index (χ0n) is 16.2. The SMILES string of the molecule is CCNC(=NCC1CN(C)CCN1C)NCCCOCC(C)C.I. The maximum absolute atomic E-state index is 5.61. The summed E-state index contributed by atoms with van der Waals surface area (Å²) >= 11 is 0. The molecule has 24 heavy (non-hydrogen) atoms. The van der Waals surface area contributed by atoms with Crippen molar-refractivity contribution < 1.29 is 4.74 Å². The first-order chi connectivity index (χ1) is 11.0. The third-order valence-electron chi connectivity index (χ3n) is 3.99. The first-order valence-corrected chi connectivity index (χ1v) is 9.01. The Morgan fingerprint density at radius 1 is 1.25 bits per heavy atom. The number of aliphatic imine (C=N–C) groups is 1. The van der Waals surface area contributed by atoms with Crippen LogP contribution < -0.4 is 10.6 Å². The van der Waals surface area contributed by atoms with Gasteiger partial charge in [-0.2, -0.15) is 0 Å². The molecule has 0 radical (unpaired) electrons. The van der Waals surface area contributed by atoms with Gasteiger partial charge in [-0.3, -0.25) is 9.89 Å². The monoisotopic (exact) mass is 455 g/mol. The Bertz CT molecular complexity index is 341. The molecule has 7 heteroatoms. The molecule has 1 aliphatic rings. The number of halogens is 1. The van der Waals surface area contributed by atoms with Crippen molar-refractivity contribution in [1.82, 2.24) is 20.4 Å². The summed E-state index contributed by atoms with van der Waals surface area (Å²) in [5.41, 5.74) is 0. The fraction of sp³-hybridized carbons (Fsp3) is 0.941. The van der Waals surface area contributed by atoms with Gasteiger partial charge in [-0.1, -0.05) is 13.8 Å². The minimum atomic E-state index is 0. The van der Waals surface area contributed by atoms with Gasteiger partial charge in [0.1, 0.15) is 0 Å². The van der Waals surface area contributed by atoms with E-state index in [1.165, 1.54) is 0 Å². The highest BCUT2D eigenvalue weighted by Gasteiger charge is 2.21. The Hall–Kier alpha value is -0.120. The topological polar surface area (TPSA) is 52.1 Å². The van der Waals surface area contributed by atoms with Crippen molar-refractivity contribution in [3.05, 3.63) is 0 Å². The van der Waals surface area contributed by atoms with Gasteiger partial charge in [-0.15, -0.1) is 24.0 Å². The number of hydrogen-bond donors (Lipinski definition) is 2. The van der Waals surface area contributed by atoms with Crippen molar-refractivity contribution in [3.63, 3.8) is 0 Å². The van der Waals surface area contributed by atoms with Crippen LogP contribution in [0.2, 0.25) is 0 Å². The van der Waals surface area contributed by atoms with Crippen LogP contribution in [-0.2, 0) is 4.74 Å². The summed E-state index contributed by atoms with van der Waals surface area (Å²) in [5, 5.41) is 6.72. The quantitative estimate of drug-likeness (QED) is 0.239. The largest absolute Gasteiger partial charge is 0.381 e. The van der Waals surface area contributed by atoms with Crippen LogP contribution in [-0.4, -0.2) is 88.4 Å². The lowest BCUT2D eigenvalue weighted by atomic mass is 10.2. The van der Waals surface area contributed by atoms with E-state index in [1.54, 1.807) is 0 Å². The molecule has 1 atom stereocenters. The molecule has 0 spiro atoms. The van der Waals surface area contributed by atoms with E-state index in [2.05, 4.69) is 55.3 Å². The molecule has 1 aliphatic heterocycles. The molecule has 0 aromatic carbocycles. The lowest BCUT2D eigenvalue weighted by molar-refractivity contribution is 0.108. The Labute approximate surface area is 165 Å². The van der Waals surface area contributed by atoms with Gasteiger partial charge in [0, 0.05) is 52.0 Å². The van der Waals surface area contributed by atoms with Crippen LogP contribution in [0.15, 0.2) is 4.99 Å². The molecule has 0 bridgehead atoms. The zero-order valence-corrected chi connectivity index (χ0v) is 18.5. The summed E-state index contributed by atoms with van der Waals surface area (Å²) in [7, 11) is 4.38. The summed E-state index contributed by atoms with van der Waals surface area (Å²) in [4.78, 5) is 9.54. The molecule has 6 nitrogen and oxygen atoms in total. The van der Waals surface area contributed by atoms with Crippen molar-refractivity contribution >= 4 is 29.9 Å². The van der Waals surface area contributed by atoms with Crippen LogP contribution in [0, 0.1) is 5.92 Å². The van der Waals surface area contributed by atoms with Crippen LogP contribution in [0.5, 0.6) is 0 Å². The van der Waals surface area contributed by atoms with E-state index in [1.807, 2.05) is 0 Å². The van der Waals surface area contributed by atoms with Gasteiger partial charge in [0.25, 0.3) is 0 Å². The molecule has 1 heterocycles. The number of guanidine groups is 1. The number of ether oxygens (including phenoxy) is 1. The van der Waals surface area contributed by atoms with Crippen molar-refractivity contribution in [2.45, 2.75) is 33.2 Å². The molecule has 1 saturated heterocycles. The van der Waals surface area contributed by atoms with Crippen molar-refractivity contribution in [2.24, 2.45) is 10.9 Å². The molecule has 144 valence electrons. The fourth-order valence-corrected chi connectivity index (χ4v) is 2.54. The first kappa shape index (κ1) is 23.9. The number of piperazine rings is 1. The molecular formula is C17H38IN5O. The van der Waals surface area contributed by atoms with Crippen LogP contribution in [0.3, 0.4) is 0 Å². The molecule has 1 fully saturated rings. The minimum Gasteiger partial charge on any atom is -0.381 e. The lowest BCUT2D eigenvalue weighted by Crippen LogP contribution is -2.51. The predicted molar refractivity (Wildman–Crippen MR) is 114 cm³/mol. The third kappa shape index (κ3) is 10.7. The summed E-state index contributed by atoms with van der Waals surface area (Å²) in [6.45, 7) is 14.1. The fourth-order valence-electron chi connectivity index (χ4n) is 2.54. The maximum atomic E-state index is 5.61. The second-order valence-corrected chi connectivity index (χ2v) is 6.87. The van der Waals surface area contributed by atoms with E-state index in [4.69, 9.17) is 9.73 Å². The van der Waals surface area contributed by atoms with Crippen LogP contribution in [0.1, 0.15) is 27.2 Å². The Morgan fingerprint density at radius 2 is 2.00 bits per heavy atom. The highest BCUT2D eigenvalue weighted by atomic mass is 127. The average Bonchev–Trinajstić information content (AvgIpc) is 2.50. The second-order valence-electron chi connectivity index (χ2n) is 6.87. The van der Waals surface area contributed by atoms with E-state index < -0.39 is 0 Å². The molecule has 0 aromatic rings. The highest BCUT2D eigenvalue weighted by Crippen LogP contribution is 2.06. The van der Waals surface area contributed by atoms with Crippen LogP contribution in [0.25, 0.3) is 0 Å². The molecule has 0 saturated carbocycles. The summed E-state index contributed by atoms with van der Waals surface area (Å²) in [5.74, 6) is 1.52. The van der Waals surface area contributed by atoms with Gasteiger partial charge in [0.05, 0.1) is 6.54 Å². The second kappa shape index (κ2) is 14.1. The van der Waals surface area contributed by atoms with E-state index in [0.29, 0.717) is 12.0 Å². The summed E-state index contributed by atoms with van der Waals surface area (Å²) < 4.78 is 5.61. The number of likely N-dealkylation sites (N-methyl/N-ethyl adjacent to an activating group) is 2. The van der Waals surface area contributed by atoms with Crippen molar-refractivity contribution in [2.75, 3.05) is 66.6 Å². The predicted octanol–water partition coefficient (Wildman–Crippen LogP) is 1.47. The maximum Gasteiger partial charge on any atom is 0.191 e. The zero-order chi connectivity index (χ0) is 17.1. The Balaban J connectivity index is 0.00000529.